The summed E-state index contributed by atoms with van der Waals surface area (Å²) < 4.78 is 0. The SMILES string of the molecule is CCCC(NC(=O)C1CCCN1C(=O)C(NC(=O)C(NC(C)=O)C(C)C)C(C)C)C(=O)C(=O)NCC(=O)O. The van der Waals surface area contributed by atoms with Gasteiger partial charge in [-0.05, 0) is 31.1 Å². The number of nitrogens with one attached hydrogen (secondary N) is 4. The van der Waals surface area contributed by atoms with Crippen LogP contribution in [0.3, 0.4) is 0 Å². The Morgan fingerprint density at radius 2 is 1.53 bits per heavy atom. The molecule has 214 valence electrons. The molecule has 0 spiro atoms. The normalized spacial score (nSPS) is 17.4. The maximum atomic E-state index is 13.5. The molecule has 1 rings (SSSR count). The molecule has 4 atom stereocenters. The zero-order valence-electron chi connectivity index (χ0n) is 23.0. The maximum absolute atomic E-state index is 13.5. The van der Waals surface area contributed by atoms with Crippen LogP contribution in [0.4, 0.5) is 0 Å². The highest BCUT2D eigenvalue weighted by atomic mass is 16.4. The fourth-order valence-electron chi connectivity index (χ4n) is 4.22. The topological polar surface area (TPSA) is 191 Å². The molecule has 4 unspecified atom stereocenters. The highest BCUT2D eigenvalue weighted by Gasteiger charge is 2.40. The van der Waals surface area contributed by atoms with Crippen LogP contribution < -0.4 is 21.3 Å². The minimum atomic E-state index is -1.31. The van der Waals surface area contributed by atoms with Gasteiger partial charge in [-0.2, -0.15) is 0 Å². The van der Waals surface area contributed by atoms with Gasteiger partial charge in [0.15, 0.2) is 0 Å². The first kappa shape index (κ1) is 32.5. The number of ketones is 1. The molecule has 0 aromatic heterocycles. The fourth-order valence-corrected chi connectivity index (χ4v) is 4.22. The van der Waals surface area contributed by atoms with Gasteiger partial charge >= 0.3 is 5.97 Å². The van der Waals surface area contributed by atoms with Crippen LogP contribution in [0.2, 0.25) is 0 Å². The van der Waals surface area contributed by atoms with E-state index in [0.717, 1.165) is 0 Å². The summed E-state index contributed by atoms with van der Waals surface area (Å²) in [6, 6.07) is -3.89. The lowest BCUT2D eigenvalue weighted by molar-refractivity contribution is -0.145. The van der Waals surface area contributed by atoms with E-state index in [1.54, 1.807) is 34.6 Å². The molecule has 5 N–H and O–H groups in total. The van der Waals surface area contributed by atoms with Crippen molar-refractivity contribution in [3.63, 3.8) is 0 Å². The molecule has 1 heterocycles. The number of hydrogen-bond donors (Lipinski definition) is 5. The molecule has 13 heteroatoms. The average Bonchev–Trinajstić information content (AvgIpc) is 3.32. The number of amides is 5. The summed E-state index contributed by atoms with van der Waals surface area (Å²) in [5.41, 5.74) is 0. The van der Waals surface area contributed by atoms with E-state index < -0.39 is 66.1 Å². The minimum absolute atomic E-state index is 0.149. The summed E-state index contributed by atoms with van der Waals surface area (Å²) in [4.78, 5) is 87.8. The third-order valence-electron chi connectivity index (χ3n) is 6.21. The number of carbonyl (C=O) groups excluding carboxylic acids is 6. The molecular formula is C25H41N5O8. The van der Waals surface area contributed by atoms with Crippen molar-refractivity contribution in [2.75, 3.05) is 13.1 Å². The Morgan fingerprint density at radius 3 is 2.03 bits per heavy atom. The predicted octanol–water partition coefficient (Wildman–Crippen LogP) is -0.666. The molecular weight excluding hydrogens is 498 g/mol. The highest BCUT2D eigenvalue weighted by Crippen LogP contribution is 2.21. The number of carboxylic acid groups (broad SMARTS) is 1. The number of aliphatic carboxylic acids is 1. The first-order valence-corrected chi connectivity index (χ1v) is 12.9. The van der Waals surface area contributed by atoms with Crippen molar-refractivity contribution in [1.82, 2.24) is 26.2 Å². The van der Waals surface area contributed by atoms with Gasteiger partial charge in [-0.3, -0.25) is 33.6 Å². The van der Waals surface area contributed by atoms with Crippen LogP contribution in [0.5, 0.6) is 0 Å². The number of carboxylic acids is 1. The number of carbonyl (C=O) groups is 7. The van der Waals surface area contributed by atoms with Crippen LogP contribution in [0.15, 0.2) is 0 Å². The Bertz CT molecular complexity index is 919. The number of rotatable bonds is 14. The highest BCUT2D eigenvalue weighted by molar-refractivity contribution is 6.38. The lowest BCUT2D eigenvalue weighted by atomic mass is 9.99. The molecule has 13 nitrogen and oxygen atoms in total. The predicted molar refractivity (Wildman–Crippen MR) is 136 cm³/mol. The number of likely N-dealkylation sites (tertiary alicyclic amines) is 1. The molecule has 0 saturated carbocycles. The first-order chi connectivity index (χ1) is 17.7. The van der Waals surface area contributed by atoms with Crippen molar-refractivity contribution in [3.05, 3.63) is 0 Å². The molecule has 1 aliphatic heterocycles. The first-order valence-electron chi connectivity index (χ1n) is 12.9. The zero-order chi connectivity index (χ0) is 29.2. The maximum Gasteiger partial charge on any atom is 0.322 e. The van der Waals surface area contributed by atoms with Gasteiger partial charge in [0.25, 0.3) is 5.91 Å². The van der Waals surface area contributed by atoms with E-state index >= 15 is 0 Å². The summed E-state index contributed by atoms with van der Waals surface area (Å²) >= 11 is 0. The van der Waals surface area contributed by atoms with Crippen molar-refractivity contribution < 1.29 is 38.7 Å². The summed E-state index contributed by atoms with van der Waals surface area (Å²) in [6.45, 7) is 9.63. The summed E-state index contributed by atoms with van der Waals surface area (Å²) in [7, 11) is 0. The van der Waals surface area contributed by atoms with E-state index in [0.29, 0.717) is 19.3 Å². The summed E-state index contributed by atoms with van der Waals surface area (Å²) in [5.74, 6) is -5.92. The van der Waals surface area contributed by atoms with Crippen molar-refractivity contribution >= 4 is 41.3 Å². The van der Waals surface area contributed by atoms with Crippen molar-refractivity contribution in [3.8, 4) is 0 Å². The third-order valence-corrected chi connectivity index (χ3v) is 6.21. The van der Waals surface area contributed by atoms with E-state index in [4.69, 9.17) is 5.11 Å². The summed E-state index contributed by atoms with van der Waals surface area (Å²) in [5, 5.41) is 18.6. The van der Waals surface area contributed by atoms with Crippen molar-refractivity contribution in [2.45, 2.75) is 91.4 Å². The lowest BCUT2D eigenvalue weighted by Crippen LogP contribution is -2.59. The molecule has 1 aliphatic rings. The van der Waals surface area contributed by atoms with E-state index in [2.05, 4.69) is 16.0 Å². The van der Waals surface area contributed by atoms with Crippen LogP contribution in [0.1, 0.15) is 67.2 Å². The number of hydrogen-bond acceptors (Lipinski definition) is 7. The van der Waals surface area contributed by atoms with E-state index in [-0.39, 0.29) is 30.7 Å². The molecule has 5 amide bonds. The molecule has 38 heavy (non-hydrogen) atoms. The third kappa shape index (κ3) is 9.42. The van der Waals surface area contributed by atoms with Gasteiger partial charge in [-0.1, -0.05) is 41.0 Å². The zero-order valence-corrected chi connectivity index (χ0v) is 23.0. The molecule has 0 aromatic rings. The van der Waals surface area contributed by atoms with Gasteiger partial charge in [-0.25, -0.2) is 0 Å². The summed E-state index contributed by atoms with van der Waals surface area (Å²) in [6.07, 6.45) is 1.46. The second-order valence-corrected chi connectivity index (χ2v) is 10.1. The van der Waals surface area contributed by atoms with Crippen molar-refractivity contribution in [1.29, 1.82) is 0 Å². The Labute approximate surface area is 222 Å². The smallest absolute Gasteiger partial charge is 0.322 e. The van der Waals surface area contributed by atoms with Crippen molar-refractivity contribution in [2.24, 2.45) is 11.8 Å². The lowest BCUT2D eigenvalue weighted by Gasteiger charge is -2.32. The Kier molecular flexibility index (Phi) is 12.9. The molecule has 0 aromatic carbocycles. The number of Topliss-reactive ketones (excluding diaryl/α,β-unsaturated/α-hetero) is 1. The average molecular weight is 540 g/mol. The van der Waals surface area contributed by atoms with Crippen LogP contribution in [0, 0.1) is 11.8 Å². The van der Waals surface area contributed by atoms with E-state index in [1.807, 2.05) is 5.32 Å². The quantitative estimate of drug-likeness (QED) is 0.180. The monoisotopic (exact) mass is 539 g/mol. The Morgan fingerprint density at radius 1 is 0.921 bits per heavy atom. The Balaban J connectivity index is 3.02. The van der Waals surface area contributed by atoms with Crippen LogP contribution in [-0.2, 0) is 33.6 Å². The second kappa shape index (κ2) is 15.0. The van der Waals surface area contributed by atoms with E-state index in [1.165, 1.54) is 11.8 Å². The second-order valence-electron chi connectivity index (χ2n) is 10.1. The minimum Gasteiger partial charge on any atom is -0.480 e. The van der Waals surface area contributed by atoms with Crippen LogP contribution in [0.25, 0.3) is 0 Å². The number of nitrogens with zero attached hydrogens (tertiary/aromatic N) is 1. The van der Waals surface area contributed by atoms with Gasteiger partial charge in [0, 0.05) is 13.5 Å². The van der Waals surface area contributed by atoms with Gasteiger partial charge < -0.3 is 31.3 Å². The van der Waals surface area contributed by atoms with Gasteiger partial charge in [0.05, 0.1) is 6.04 Å². The molecule has 1 fully saturated rings. The van der Waals surface area contributed by atoms with Gasteiger partial charge in [-0.15, -0.1) is 0 Å². The van der Waals surface area contributed by atoms with Gasteiger partial charge in [0.2, 0.25) is 29.4 Å². The standard InChI is InChI=1S/C25H41N5O8/c1-7-9-16(21(34)24(37)26-12-18(32)33)28-22(35)17-10-8-11-30(17)25(38)20(14(4)5)29-23(36)19(13(2)3)27-15(6)31/h13-14,16-17,19-20H,7-12H2,1-6H3,(H,26,37)(H,27,31)(H,28,35)(H,29,36)(H,32,33). The fraction of sp³-hybridized carbons (Fsp3) is 0.720. The van der Waals surface area contributed by atoms with E-state index in [9.17, 15) is 33.6 Å². The Hall–Kier alpha value is -3.51. The molecule has 0 aliphatic carbocycles. The van der Waals surface area contributed by atoms with Crippen LogP contribution in [-0.4, -0.2) is 88.6 Å². The molecule has 0 radical (unpaired) electrons. The van der Waals surface area contributed by atoms with Gasteiger partial charge in [0.1, 0.15) is 24.7 Å². The molecule has 0 bridgehead atoms. The molecule has 1 saturated heterocycles. The van der Waals surface area contributed by atoms with Crippen LogP contribution >= 0.6 is 0 Å². The largest absolute Gasteiger partial charge is 0.480 e.